The average Bonchev–Trinajstić information content (AvgIpc) is 3.19. The smallest absolute Gasteiger partial charge is 0.314 e. The summed E-state index contributed by atoms with van der Waals surface area (Å²) in [7, 11) is 1.40. The van der Waals surface area contributed by atoms with Gasteiger partial charge in [0.1, 0.15) is 29.1 Å². The molecule has 0 bridgehead atoms. The first-order valence-electron chi connectivity index (χ1n) is 9.77. The van der Waals surface area contributed by atoms with Gasteiger partial charge in [-0.15, -0.1) is 23.1 Å². The minimum absolute atomic E-state index is 0.0186. The third-order valence-corrected chi connectivity index (χ3v) is 7.33. The fraction of sp³-hybridized carbons (Fsp3) is 0.556. The second kappa shape index (κ2) is 10.4. The van der Waals surface area contributed by atoms with Crippen molar-refractivity contribution in [3.05, 3.63) is 11.1 Å². The third kappa shape index (κ3) is 5.36. The van der Waals surface area contributed by atoms with Crippen molar-refractivity contribution in [2.45, 2.75) is 24.3 Å². The molecule has 2 unspecified atom stereocenters. The predicted molar refractivity (Wildman–Crippen MR) is 118 cm³/mol. The minimum Gasteiger partial charge on any atom is -0.481 e. The van der Waals surface area contributed by atoms with Crippen LogP contribution in [0.2, 0.25) is 0 Å². The van der Waals surface area contributed by atoms with Crippen molar-refractivity contribution in [2.24, 2.45) is 10.6 Å². The fourth-order valence-electron chi connectivity index (χ4n) is 3.39. The number of nitrogen functional groups attached to an aromatic ring is 1. The van der Waals surface area contributed by atoms with Gasteiger partial charge in [0.15, 0.2) is 10.8 Å². The molecule has 2 aliphatic heterocycles. The Bertz CT molecular complexity index is 969. The Kier molecular flexibility index (Phi) is 7.76. The van der Waals surface area contributed by atoms with Crippen LogP contribution in [0.5, 0.6) is 0 Å². The Morgan fingerprint density at radius 2 is 2.18 bits per heavy atom. The topological polar surface area (TPSA) is 194 Å². The molecule has 13 nitrogen and oxygen atoms in total. The molecule has 0 aliphatic carbocycles. The molecule has 3 rings (SSSR count). The number of fused-ring (bicyclic) bond motifs is 1. The Morgan fingerprint density at radius 1 is 1.42 bits per heavy atom. The monoisotopic (exact) mass is 501 g/mol. The van der Waals surface area contributed by atoms with Crippen LogP contribution < -0.4 is 11.1 Å². The number of aromatic nitrogens is 1. The summed E-state index contributed by atoms with van der Waals surface area (Å²) in [6.45, 7) is -0.0898. The Hall–Kier alpha value is -2.91. The molecule has 3 heterocycles. The summed E-state index contributed by atoms with van der Waals surface area (Å²) < 4.78 is 5.05. The van der Waals surface area contributed by atoms with Gasteiger partial charge in [0.05, 0.1) is 6.61 Å². The van der Waals surface area contributed by atoms with Crippen molar-refractivity contribution in [1.82, 2.24) is 15.2 Å². The molecule has 33 heavy (non-hydrogen) atoms. The van der Waals surface area contributed by atoms with Gasteiger partial charge < -0.3 is 35.7 Å². The zero-order chi connectivity index (χ0) is 24.2. The lowest BCUT2D eigenvalue weighted by Crippen LogP contribution is -2.74. The number of carboxylic acid groups (broad SMARTS) is 2. The van der Waals surface area contributed by atoms with Crippen molar-refractivity contribution >= 4 is 57.7 Å². The highest BCUT2D eigenvalue weighted by atomic mass is 32.2. The van der Waals surface area contributed by atoms with Gasteiger partial charge in [0, 0.05) is 31.2 Å². The molecule has 15 heteroatoms. The summed E-state index contributed by atoms with van der Waals surface area (Å²) in [6.07, 6.45) is 0.0709. The van der Waals surface area contributed by atoms with Crippen LogP contribution in [-0.2, 0) is 28.8 Å². The van der Waals surface area contributed by atoms with Crippen LogP contribution >= 0.6 is 23.1 Å². The molecule has 1 aromatic heterocycles. The lowest BCUT2D eigenvalue weighted by molar-refractivity contribution is -0.161. The van der Waals surface area contributed by atoms with Gasteiger partial charge in [-0.25, -0.2) is 4.98 Å². The number of ether oxygens (including phenoxy) is 1. The first-order chi connectivity index (χ1) is 15.7. The van der Waals surface area contributed by atoms with E-state index >= 15 is 0 Å². The summed E-state index contributed by atoms with van der Waals surface area (Å²) in [4.78, 5) is 58.4. The molecule has 5 N–H and O–H groups in total. The number of nitrogens with zero attached hydrogens (tertiary/aromatic N) is 3. The molecule has 1 aromatic rings. The van der Waals surface area contributed by atoms with Crippen molar-refractivity contribution in [2.75, 3.05) is 38.4 Å². The normalized spacial score (nSPS) is 24.6. The average molecular weight is 502 g/mol. The molecule has 2 amide bonds. The van der Waals surface area contributed by atoms with Gasteiger partial charge in [-0.05, 0) is 6.42 Å². The van der Waals surface area contributed by atoms with Gasteiger partial charge in [0.25, 0.3) is 5.91 Å². The number of amides is 2. The number of thiazole rings is 1. The van der Waals surface area contributed by atoms with E-state index in [1.165, 1.54) is 29.2 Å². The fourth-order valence-corrected chi connectivity index (χ4v) is 5.46. The Morgan fingerprint density at radius 3 is 2.79 bits per heavy atom. The number of methoxy groups -OCH3 is 1. The zero-order valence-corrected chi connectivity index (χ0v) is 19.2. The Labute approximate surface area is 196 Å². The van der Waals surface area contributed by atoms with Crippen LogP contribution in [0.25, 0.3) is 0 Å². The lowest BCUT2D eigenvalue weighted by atomic mass is 9.88. The van der Waals surface area contributed by atoms with E-state index < -0.39 is 40.6 Å². The van der Waals surface area contributed by atoms with Crippen LogP contribution in [0.3, 0.4) is 0 Å². The number of hydrogen-bond acceptors (Lipinski definition) is 11. The molecule has 0 saturated carbocycles. The van der Waals surface area contributed by atoms with Gasteiger partial charge >= 0.3 is 11.9 Å². The van der Waals surface area contributed by atoms with E-state index in [0.29, 0.717) is 0 Å². The molecule has 2 saturated heterocycles. The number of rotatable bonds is 11. The van der Waals surface area contributed by atoms with E-state index in [1.54, 1.807) is 0 Å². The summed E-state index contributed by atoms with van der Waals surface area (Å²) in [5.41, 5.74) is 4.37. The van der Waals surface area contributed by atoms with Gasteiger partial charge in [-0.2, -0.15) is 0 Å². The van der Waals surface area contributed by atoms with Crippen molar-refractivity contribution in [3.8, 4) is 0 Å². The van der Waals surface area contributed by atoms with Crippen LogP contribution in [0, 0.1) is 5.41 Å². The molecule has 3 atom stereocenters. The highest BCUT2D eigenvalue weighted by Crippen LogP contribution is 2.42. The molecular weight excluding hydrogens is 478 g/mol. The van der Waals surface area contributed by atoms with E-state index in [1.807, 2.05) is 0 Å². The maximum atomic E-state index is 12.9. The maximum absolute atomic E-state index is 12.9. The second-order valence-electron chi connectivity index (χ2n) is 7.48. The summed E-state index contributed by atoms with van der Waals surface area (Å²) in [5, 5.41) is 26.0. The lowest BCUT2D eigenvalue weighted by Gasteiger charge is -2.53. The number of oxime groups is 1. The molecule has 2 aliphatic rings. The SMILES string of the molecule is COCC1(C(=O)O)CS[C@@H]2C(NC(=O)C(=NOCCCC(=O)O)c3csc(N)n3)C(=O)N2C1. The third-order valence-electron chi connectivity index (χ3n) is 5.07. The number of carboxylic acids is 2. The number of carbonyl (C=O) groups excluding carboxylic acids is 2. The molecule has 0 radical (unpaired) electrons. The van der Waals surface area contributed by atoms with Gasteiger partial charge in [0.2, 0.25) is 5.91 Å². The first kappa shape index (κ1) is 24.7. The van der Waals surface area contributed by atoms with E-state index in [0.717, 1.165) is 11.3 Å². The highest BCUT2D eigenvalue weighted by molar-refractivity contribution is 8.00. The quantitative estimate of drug-likeness (QED) is 0.131. The number of nitrogens with two attached hydrogens (primary N) is 1. The minimum atomic E-state index is -1.21. The molecule has 180 valence electrons. The van der Waals surface area contributed by atoms with E-state index in [2.05, 4.69) is 15.5 Å². The number of thioether (sulfide) groups is 1. The van der Waals surface area contributed by atoms with E-state index in [9.17, 15) is 24.3 Å². The van der Waals surface area contributed by atoms with Crippen molar-refractivity contribution in [3.63, 3.8) is 0 Å². The number of aliphatic carboxylic acids is 2. The molecule has 0 aromatic carbocycles. The maximum Gasteiger partial charge on any atom is 0.314 e. The molecule has 0 spiro atoms. The molecule has 2 fully saturated rings. The van der Waals surface area contributed by atoms with E-state index in [4.69, 9.17) is 20.4 Å². The Balaban J connectivity index is 1.67. The number of hydrogen-bond donors (Lipinski definition) is 4. The van der Waals surface area contributed by atoms with Crippen molar-refractivity contribution < 1.29 is 39.0 Å². The van der Waals surface area contributed by atoms with Gasteiger partial charge in [-0.1, -0.05) is 5.16 Å². The number of carbonyl (C=O) groups is 4. The number of nitrogens with one attached hydrogen (secondary N) is 1. The van der Waals surface area contributed by atoms with Crippen LogP contribution in [0.15, 0.2) is 10.5 Å². The summed E-state index contributed by atoms with van der Waals surface area (Å²) in [5.74, 6) is -2.95. The highest BCUT2D eigenvalue weighted by Gasteiger charge is 2.57. The van der Waals surface area contributed by atoms with Gasteiger partial charge in [-0.3, -0.25) is 19.2 Å². The summed E-state index contributed by atoms with van der Waals surface area (Å²) in [6, 6.07) is -0.870. The summed E-state index contributed by atoms with van der Waals surface area (Å²) >= 11 is 2.34. The molecular formula is C18H23N5O8S2. The number of β-lactam (4-membered cyclic amide) rings is 1. The predicted octanol–water partition coefficient (Wildman–Crippen LogP) is -0.572. The standard InChI is InChI=1S/C18H23N5O8S2/c1-30-7-18(16(28)29)6-23-14(27)12(15(23)33-8-18)21-13(26)11(9-5-32-17(19)20-9)22-31-4-2-3-10(24)25/h5,12,15H,2-4,6-8H2,1H3,(H2,19,20)(H,21,26)(H,24,25)(H,28,29)/t12?,15-,18?/m1/s1. The van der Waals surface area contributed by atoms with Crippen molar-refractivity contribution in [1.29, 1.82) is 0 Å². The zero-order valence-electron chi connectivity index (χ0n) is 17.6. The van der Waals surface area contributed by atoms with E-state index in [-0.39, 0.29) is 54.9 Å². The second-order valence-corrected chi connectivity index (χ2v) is 9.47. The number of anilines is 1. The van der Waals surface area contributed by atoms with Crippen LogP contribution in [-0.4, -0.2) is 93.6 Å². The van der Waals surface area contributed by atoms with Crippen LogP contribution in [0.4, 0.5) is 5.13 Å². The first-order valence-corrected chi connectivity index (χ1v) is 11.7. The van der Waals surface area contributed by atoms with Crippen LogP contribution in [0.1, 0.15) is 18.5 Å². The largest absolute Gasteiger partial charge is 0.481 e.